The predicted octanol–water partition coefficient (Wildman–Crippen LogP) is 5.65. The van der Waals surface area contributed by atoms with Crippen LogP contribution in [0.5, 0.6) is 0 Å². The Morgan fingerprint density at radius 1 is 1.00 bits per heavy atom. The number of nitrogens with one attached hydrogen (secondary N) is 1. The molecule has 1 amide bonds. The lowest BCUT2D eigenvalue weighted by Crippen LogP contribution is -2.47. The third kappa shape index (κ3) is 7.31. The molecule has 42 heavy (non-hydrogen) atoms. The number of hydrogen-bond donors (Lipinski definition) is 1. The van der Waals surface area contributed by atoms with Crippen LogP contribution in [-0.2, 0) is 11.0 Å². The summed E-state index contributed by atoms with van der Waals surface area (Å²) in [6.45, 7) is 5.41. The maximum absolute atomic E-state index is 13.3. The molecule has 0 spiro atoms. The quantitative estimate of drug-likeness (QED) is 0.320. The molecule has 3 aliphatic rings. The maximum atomic E-state index is 13.3. The molecule has 0 saturated carbocycles. The van der Waals surface area contributed by atoms with Gasteiger partial charge in [-0.1, -0.05) is 42.5 Å². The molecule has 8 nitrogen and oxygen atoms in total. The number of anilines is 1. The summed E-state index contributed by atoms with van der Waals surface area (Å²) >= 11 is 0. The van der Waals surface area contributed by atoms with Crippen molar-refractivity contribution >= 4 is 17.3 Å². The normalized spacial score (nSPS) is 20.4. The molecule has 0 radical (unpaired) electrons. The highest BCUT2D eigenvalue weighted by atomic mass is 19.4. The van der Waals surface area contributed by atoms with Crippen molar-refractivity contribution in [2.75, 3.05) is 51.1 Å². The summed E-state index contributed by atoms with van der Waals surface area (Å²) in [6, 6.07) is 13.4. The number of likely N-dealkylation sites (tertiary alicyclic amines) is 1. The summed E-state index contributed by atoms with van der Waals surface area (Å²) in [4.78, 5) is 29.4. The van der Waals surface area contributed by atoms with E-state index < -0.39 is 22.4 Å². The van der Waals surface area contributed by atoms with Crippen LogP contribution in [0, 0.1) is 10.1 Å². The number of halogens is 3. The van der Waals surface area contributed by atoms with Crippen molar-refractivity contribution in [3.63, 3.8) is 0 Å². The Bertz CT molecular complexity index is 1310. The predicted molar refractivity (Wildman–Crippen MR) is 155 cm³/mol. The van der Waals surface area contributed by atoms with Gasteiger partial charge in [0, 0.05) is 81.6 Å². The number of nitrogens with zero attached hydrogens (tertiary/aromatic N) is 4. The lowest BCUT2D eigenvalue weighted by Gasteiger charge is -2.38. The summed E-state index contributed by atoms with van der Waals surface area (Å²) in [7, 11) is 0. The summed E-state index contributed by atoms with van der Waals surface area (Å²) in [5.74, 6) is 0.517. The minimum atomic E-state index is -4.82. The number of carbonyl (C=O) groups excluding carboxylic acids is 1. The van der Waals surface area contributed by atoms with Gasteiger partial charge in [0.05, 0.1) is 4.92 Å². The third-order valence-corrected chi connectivity index (χ3v) is 8.40. The second-order valence-electron chi connectivity index (χ2n) is 11.1. The number of benzene rings is 2. The minimum Gasteiger partial charge on any atom is -0.382 e. The number of carbonyl (C=O) groups is 1. The summed E-state index contributed by atoms with van der Waals surface area (Å²) in [5.41, 5.74) is 0.567. The topological polar surface area (TPSA) is 82.0 Å². The smallest absolute Gasteiger partial charge is 0.382 e. The first-order valence-corrected chi connectivity index (χ1v) is 14.5. The van der Waals surface area contributed by atoms with E-state index in [1.165, 1.54) is 17.3 Å². The van der Waals surface area contributed by atoms with Gasteiger partial charge in [-0.2, -0.15) is 13.2 Å². The van der Waals surface area contributed by atoms with E-state index in [9.17, 15) is 28.1 Å². The molecule has 1 unspecified atom stereocenters. The Kier molecular flexibility index (Phi) is 9.15. The number of allylic oxidation sites excluding steroid dienone is 3. The van der Waals surface area contributed by atoms with E-state index in [1.54, 1.807) is 0 Å². The highest BCUT2D eigenvalue weighted by molar-refractivity contribution is 5.76. The molecular formula is C31H36F3N5O3. The van der Waals surface area contributed by atoms with E-state index in [2.05, 4.69) is 57.6 Å². The van der Waals surface area contributed by atoms with Gasteiger partial charge in [-0.15, -0.1) is 0 Å². The number of piperidine rings is 1. The SMILES string of the molecule is O=C(CCN1CCN(C2=CCC(c3ccccc3)C=C2)CC1)N1CCC(Nc2ccc([N+](=O)[O-])c(C(F)(F)F)c2)CC1. The summed E-state index contributed by atoms with van der Waals surface area (Å²) < 4.78 is 39.9. The maximum Gasteiger partial charge on any atom is 0.423 e. The van der Waals surface area contributed by atoms with Crippen LogP contribution in [-0.4, -0.2) is 77.4 Å². The van der Waals surface area contributed by atoms with Crippen molar-refractivity contribution in [3.8, 4) is 0 Å². The lowest BCUT2D eigenvalue weighted by atomic mass is 9.91. The summed E-state index contributed by atoms with van der Waals surface area (Å²) in [6.07, 6.45) is 4.66. The van der Waals surface area contributed by atoms with Crippen LogP contribution in [0.2, 0.25) is 0 Å². The second kappa shape index (κ2) is 13.0. The van der Waals surface area contributed by atoms with Crippen LogP contribution in [0.4, 0.5) is 24.5 Å². The number of rotatable bonds is 8. The fourth-order valence-corrected chi connectivity index (χ4v) is 5.95. The molecule has 1 N–H and O–H groups in total. The minimum absolute atomic E-state index is 0.0930. The van der Waals surface area contributed by atoms with E-state index in [4.69, 9.17) is 0 Å². The molecule has 2 aromatic rings. The Hall–Kier alpha value is -3.86. The lowest BCUT2D eigenvalue weighted by molar-refractivity contribution is -0.388. The monoisotopic (exact) mass is 583 g/mol. The van der Waals surface area contributed by atoms with Gasteiger partial charge in [0.25, 0.3) is 5.69 Å². The van der Waals surface area contributed by atoms with Crippen LogP contribution in [0.1, 0.15) is 42.7 Å². The highest BCUT2D eigenvalue weighted by Crippen LogP contribution is 2.38. The van der Waals surface area contributed by atoms with Crippen LogP contribution in [0.15, 0.2) is 72.5 Å². The zero-order valence-corrected chi connectivity index (χ0v) is 23.4. The molecule has 5 rings (SSSR count). The van der Waals surface area contributed by atoms with E-state index >= 15 is 0 Å². The van der Waals surface area contributed by atoms with Gasteiger partial charge in [0.2, 0.25) is 5.91 Å². The van der Waals surface area contributed by atoms with Crippen molar-refractivity contribution in [1.29, 1.82) is 0 Å². The van der Waals surface area contributed by atoms with Crippen LogP contribution >= 0.6 is 0 Å². The van der Waals surface area contributed by atoms with E-state index in [1.807, 2.05) is 11.0 Å². The second-order valence-corrected chi connectivity index (χ2v) is 11.1. The Labute approximate surface area is 243 Å². The largest absolute Gasteiger partial charge is 0.423 e. The number of piperazine rings is 1. The third-order valence-electron chi connectivity index (χ3n) is 8.40. The molecule has 1 atom stereocenters. The van der Waals surface area contributed by atoms with Crippen molar-refractivity contribution in [3.05, 3.63) is 93.7 Å². The van der Waals surface area contributed by atoms with Crippen molar-refractivity contribution < 1.29 is 22.9 Å². The number of nitro groups is 1. The van der Waals surface area contributed by atoms with Crippen LogP contribution < -0.4 is 5.32 Å². The Morgan fingerprint density at radius 3 is 2.33 bits per heavy atom. The van der Waals surface area contributed by atoms with Gasteiger partial charge in [-0.25, -0.2) is 0 Å². The van der Waals surface area contributed by atoms with E-state index in [-0.39, 0.29) is 17.6 Å². The fraction of sp³-hybridized carbons (Fsp3) is 0.452. The van der Waals surface area contributed by atoms with Crippen molar-refractivity contribution in [2.24, 2.45) is 0 Å². The van der Waals surface area contributed by atoms with Gasteiger partial charge in [-0.3, -0.25) is 19.8 Å². The number of nitro benzene ring substituents is 1. The molecule has 11 heteroatoms. The highest BCUT2D eigenvalue weighted by Gasteiger charge is 2.38. The zero-order valence-electron chi connectivity index (χ0n) is 23.4. The van der Waals surface area contributed by atoms with Crippen LogP contribution in [0.3, 0.4) is 0 Å². The van der Waals surface area contributed by atoms with E-state index in [0.29, 0.717) is 44.8 Å². The average Bonchev–Trinajstić information content (AvgIpc) is 3.00. The van der Waals surface area contributed by atoms with Gasteiger partial charge in [0.1, 0.15) is 5.56 Å². The molecule has 0 aromatic heterocycles. The first-order chi connectivity index (χ1) is 20.2. The average molecular weight is 584 g/mol. The Balaban J connectivity index is 1.02. The molecule has 2 aliphatic heterocycles. The number of alkyl halides is 3. The van der Waals surface area contributed by atoms with Gasteiger partial charge in [0.15, 0.2) is 0 Å². The zero-order chi connectivity index (χ0) is 29.7. The molecular weight excluding hydrogens is 547 g/mol. The van der Waals surface area contributed by atoms with E-state index in [0.717, 1.165) is 44.7 Å². The number of amides is 1. The van der Waals surface area contributed by atoms with Crippen molar-refractivity contribution in [1.82, 2.24) is 14.7 Å². The van der Waals surface area contributed by atoms with Crippen molar-refractivity contribution in [2.45, 2.75) is 43.8 Å². The standard InChI is InChI=1S/C31H36F3N5O3/c32-31(33,34)28-22-26(8-11-29(28)39(41)42)35-25-12-16-38(17-13-25)30(40)14-15-36-18-20-37(21-19-36)27-9-6-24(7-10-27)23-4-2-1-3-5-23/h1-6,8-11,22,24-25,35H,7,12-21H2. The molecule has 2 saturated heterocycles. The molecule has 1 aliphatic carbocycles. The summed E-state index contributed by atoms with van der Waals surface area (Å²) in [5, 5.41) is 14.1. The first-order valence-electron chi connectivity index (χ1n) is 14.5. The molecule has 2 heterocycles. The van der Waals surface area contributed by atoms with Crippen LogP contribution in [0.25, 0.3) is 0 Å². The number of hydrogen-bond acceptors (Lipinski definition) is 6. The molecule has 0 bridgehead atoms. The fourth-order valence-electron chi connectivity index (χ4n) is 5.95. The molecule has 224 valence electrons. The Morgan fingerprint density at radius 2 is 1.71 bits per heavy atom. The van der Waals surface area contributed by atoms with Gasteiger partial charge < -0.3 is 15.1 Å². The molecule has 2 aromatic carbocycles. The van der Waals surface area contributed by atoms with Gasteiger partial charge in [-0.05, 0) is 43.0 Å². The molecule has 2 fully saturated rings. The first kappa shape index (κ1) is 29.6. The van der Waals surface area contributed by atoms with Gasteiger partial charge >= 0.3 is 6.18 Å².